The molecule has 0 saturated heterocycles. The molecule has 104 valence electrons. The maximum atomic E-state index is 12.9. The predicted octanol–water partition coefficient (Wildman–Crippen LogP) is 3.22. The van der Waals surface area contributed by atoms with Gasteiger partial charge in [-0.15, -0.1) is 0 Å². The molecule has 7 heteroatoms. The summed E-state index contributed by atoms with van der Waals surface area (Å²) in [6.45, 7) is 2.00. The number of H-pyrrole nitrogens is 1. The minimum Gasteiger partial charge on any atom is -0.380 e. The van der Waals surface area contributed by atoms with Gasteiger partial charge in [-0.05, 0) is 25.1 Å². The molecule has 20 heavy (non-hydrogen) atoms. The Hall–Kier alpha value is -2.49. The number of halogens is 3. The highest BCUT2D eigenvalue weighted by Crippen LogP contribution is 2.35. The van der Waals surface area contributed by atoms with Gasteiger partial charge in [0.2, 0.25) is 0 Å². The van der Waals surface area contributed by atoms with Gasteiger partial charge in [-0.3, -0.25) is 5.10 Å². The van der Waals surface area contributed by atoms with E-state index in [2.05, 4.69) is 15.5 Å². The van der Waals surface area contributed by atoms with Crippen LogP contribution in [0.25, 0.3) is 0 Å². The van der Waals surface area contributed by atoms with Crippen LogP contribution in [-0.4, -0.2) is 10.2 Å². The fourth-order valence-corrected chi connectivity index (χ4v) is 1.75. The molecule has 0 atom stereocenters. The standard InChI is InChI=1S/C13H11F3N4/c1-8-10(7-19-20-8)6-18-12-3-2-9(5-17)4-11(12)13(14,15)16/h2-4,7,18H,6H2,1H3,(H,19,20). The first kappa shape index (κ1) is 13.9. The van der Waals surface area contributed by atoms with Crippen molar-refractivity contribution in [3.63, 3.8) is 0 Å². The summed E-state index contributed by atoms with van der Waals surface area (Å²) in [7, 11) is 0. The normalized spacial score (nSPS) is 11.2. The highest BCUT2D eigenvalue weighted by Gasteiger charge is 2.33. The van der Waals surface area contributed by atoms with Crippen LogP contribution in [0.15, 0.2) is 24.4 Å². The Balaban J connectivity index is 2.28. The maximum absolute atomic E-state index is 12.9. The molecule has 2 aromatic rings. The summed E-state index contributed by atoms with van der Waals surface area (Å²) in [5.74, 6) is 0. The van der Waals surface area contributed by atoms with Gasteiger partial charge >= 0.3 is 6.18 Å². The van der Waals surface area contributed by atoms with Gasteiger partial charge in [0, 0.05) is 23.5 Å². The first-order valence-electron chi connectivity index (χ1n) is 5.76. The zero-order chi connectivity index (χ0) is 14.8. The summed E-state index contributed by atoms with van der Waals surface area (Å²) in [6.07, 6.45) is -2.96. The summed E-state index contributed by atoms with van der Waals surface area (Å²) in [5, 5.41) is 17.9. The van der Waals surface area contributed by atoms with Gasteiger partial charge in [0.25, 0.3) is 0 Å². The second-order valence-corrected chi connectivity index (χ2v) is 4.24. The highest BCUT2D eigenvalue weighted by molar-refractivity contribution is 5.56. The first-order chi connectivity index (χ1) is 9.41. The quantitative estimate of drug-likeness (QED) is 0.907. The molecule has 1 heterocycles. The Morgan fingerprint density at radius 2 is 2.15 bits per heavy atom. The van der Waals surface area contributed by atoms with Crippen LogP contribution in [0, 0.1) is 18.3 Å². The lowest BCUT2D eigenvalue weighted by Gasteiger charge is -2.14. The van der Waals surface area contributed by atoms with E-state index in [0.717, 1.165) is 17.3 Å². The van der Waals surface area contributed by atoms with Crippen molar-refractivity contribution in [2.75, 3.05) is 5.32 Å². The van der Waals surface area contributed by atoms with Crippen LogP contribution in [0.2, 0.25) is 0 Å². The van der Waals surface area contributed by atoms with Crippen molar-refractivity contribution in [1.29, 1.82) is 5.26 Å². The molecule has 0 bridgehead atoms. The number of anilines is 1. The van der Waals surface area contributed by atoms with Gasteiger partial charge in [0.1, 0.15) is 0 Å². The number of nitriles is 1. The molecule has 0 amide bonds. The smallest absolute Gasteiger partial charge is 0.380 e. The molecule has 2 N–H and O–H groups in total. The third-order valence-electron chi connectivity index (χ3n) is 2.86. The Kier molecular flexibility index (Phi) is 3.66. The topological polar surface area (TPSA) is 64.5 Å². The van der Waals surface area contributed by atoms with Crippen LogP contribution in [0.1, 0.15) is 22.4 Å². The number of rotatable bonds is 3. The Bertz CT molecular complexity index is 652. The lowest BCUT2D eigenvalue weighted by atomic mass is 10.1. The Labute approximate surface area is 113 Å². The fraction of sp³-hybridized carbons (Fsp3) is 0.231. The summed E-state index contributed by atoms with van der Waals surface area (Å²) in [5.41, 5.74) is 0.638. The third kappa shape index (κ3) is 2.91. The first-order valence-corrected chi connectivity index (χ1v) is 5.76. The van der Waals surface area contributed by atoms with Crippen molar-refractivity contribution in [2.24, 2.45) is 0 Å². The van der Waals surface area contributed by atoms with Crippen LogP contribution in [0.5, 0.6) is 0 Å². The number of aromatic nitrogens is 2. The van der Waals surface area contributed by atoms with E-state index in [9.17, 15) is 13.2 Å². The predicted molar refractivity (Wildman–Crippen MR) is 66.8 cm³/mol. The van der Waals surface area contributed by atoms with Crippen LogP contribution >= 0.6 is 0 Å². The third-order valence-corrected chi connectivity index (χ3v) is 2.86. The van der Waals surface area contributed by atoms with Gasteiger partial charge in [-0.2, -0.15) is 23.5 Å². The monoisotopic (exact) mass is 280 g/mol. The van der Waals surface area contributed by atoms with Gasteiger partial charge in [0.15, 0.2) is 0 Å². The van der Waals surface area contributed by atoms with E-state index in [4.69, 9.17) is 5.26 Å². The summed E-state index contributed by atoms with van der Waals surface area (Å²) < 4.78 is 38.8. The molecule has 0 fully saturated rings. The van der Waals surface area contributed by atoms with E-state index < -0.39 is 11.7 Å². The number of aryl methyl sites for hydroxylation is 1. The zero-order valence-corrected chi connectivity index (χ0v) is 10.5. The molecule has 4 nitrogen and oxygen atoms in total. The summed E-state index contributed by atoms with van der Waals surface area (Å²) in [6, 6.07) is 5.15. The second kappa shape index (κ2) is 5.25. The zero-order valence-electron chi connectivity index (χ0n) is 10.5. The summed E-state index contributed by atoms with van der Waals surface area (Å²) in [4.78, 5) is 0. The van der Waals surface area contributed by atoms with Gasteiger partial charge in [-0.25, -0.2) is 0 Å². The molecule has 1 aromatic heterocycles. The highest BCUT2D eigenvalue weighted by atomic mass is 19.4. The van der Waals surface area contributed by atoms with E-state index in [0.29, 0.717) is 0 Å². The van der Waals surface area contributed by atoms with Crippen molar-refractivity contribution in [1.82, 2.24) is 10.2 Å². The number of nitrogens with one attached hydrogen (secondary N) is 2. The number of nitrogens with zero attached hydrogens (tertiary/aromatic N) is 2. The molecule has 0 aliphatic carbocycles. The average Bonchev–Trinajstić information content (AvgIpc) is 2.80. The van der Waals surface area contributed by atoms with E-state index in [1.54, 1.807) is 19.2 Å². The molecule has 0 aliphatic heterocycles. The average molecular weight is 280 g/mol. The second-order valence-electron chi connectivity index (χ2n) is 4.24. The minimum atomic E-state index is -4.51. The molecular weight excluding hydrogens is 269 g/mol. The van der Waals surface area contributed by atoms with Crippen molar-refractivity contribution in [2.45, 2.75) is 19.6 Å². The molecule has 0 aliphatic rings. The van der Waals surface area contributed by atoms with Crippen LogP contribution < -0.4 is 5.32 Å². The molecule has 0 radical (unpaired) electrons. The maximum Gasteiger partial charge on any atom is 0.418 e. The minimum absolute atomic E-state index is 0.0256. The van der Waals surface area contributed by atoms with E-state index in [-0.39, 0.29) is 17.8 Å². The van der Waals surface area contributed by atoms with Crippen LogP contribution in [-0.2, 0) is 12.7 Å². The SMILES string of the molecule is Cc1[nH]ncc1CNc1ccc(C#N)cc1C(F)(F)F. The fourth-order valence-electron chi connectivity index (χ4n) is 1.75. The molecule has 0 unspecified atom stereocenters. The van der Waals surface area contributed by atoms with E-state index in [1.165, 1.54) is 12.1 Å². The van der Waals surface area contributed by atoms with Crippen molar-refractivity contribution >= 4 is 5.69 Å². The lowest BCUT2D eigenvalue weighted by Crippen LogP contribution is -2.11. The molecule has 0 saturated carbocycles. The van der Waals surface area contributed by atoms with Crippen molar-refractivity contribution in [3.05, 3.63) is 46.8 Å². The number of alkyl halides is 3. The number of hydrogen-bond donors (Lipinski definition) is 2. The van der Waals surface area contributed by atoms with E-state index >= 15 is 0 Å². The van der Waals surface area contributed by atoms with Crippen molar-refractivity contribution in [3.8, 4) is 6.07 Å². The number of benzene rings is 1. The van der Waals surface area contributed by atoms with Crippen LogP contribution in [0.3, 0.4) is 0 Å². The summed E-state index contributed by atoms with van der Waals surface area (Å²) >= 11 is 0. The molecule has 1 aromatic carbocycles. The van der Waals surface area contributed by atoms with Gasteiger partial charge < -0.3 is 5.32 Å². The Morgan fingerprint density at radius 3 is 2.70 bits per heavy atom. The number of hydrogen-bond acceptors (Lipinski definition) is 3. The van der Waals surface area contributed by atoms with Crippen LogP contribution in [0.4, 0.5) is 18.9 Å². The molecular formula is C13H11F3N4. The number of aromatic amines is 1. The lowest BCUT2D eigenvalue weighted by molar-refractivity contribution is -0.137. The van der Waals surface area contributed by atoms with E-state index in [1.807, 2.05) is 0 Å². The molecule has 0 spiro atoms. The van der Waals surface area contributed by atoms with Gasteiger partial charge in [-0.1, -0.05) is 0 Å². The van der Waals surface area contributed by atoms with Gasteiger partial charge in [0.05, 0.1) is 23.4 Å². The van der Waals surface area contributed by atoms with Crippen molar-refractivity contribution < 1.29 is 13.2 Å². The largest absolute Gasteiger partial charge is 0.418 e. The Morgan fingerprint density at radius 1 is 1.40 bits per heavy atom. The molecule has 2 rings (SSSR count).